The van der Waals surface area contributed by atoms with Gasteiger partial charge in [-0.1, -0.05) is 6.92 Å². The number of hydrogen-bond acceptors (Lipinski definition) is 2. The van der Waals surface area contributed by atoms with Crippen LogP contribution in [-0.2, 0) is 4.79 Å². The zero-order chi connectivity index (χ0) is 11.1. The minimum Gasteiger partial charge on any atom is -0.370 e. The molecule has 0 aliphatic heterocycles. The van der Waals surface area contributed by atoms with Crippen LogP contribution in [0.4, 0.5) is 0 Å². The van der Waals surface area contributed by atoms with Crippen LogP contribution in [0.5, 0.6) is 0 Å². The van der Waals surface area contributed by atoms with Gasteiger partial charge in [0.25, 0.3) is 0 Å². The second-order valence-corrected chi connectivity index (χ2v) is 3.37. The van der Waals surface area contributed by atoms with Crippen LogP contribution in [0.2, 0.25) is 0 Å². The van der Waals surface area contributed by atoms with Gasteiger partial charge in [0.1, 0.15) is 6.04 Å². The van der Waals surface area contributed by atoms with Crippen molar-refractivity contribution in [2.75, 3.05) is 20.6 Å². The van der Waals surface area contributed by atoms with Crippen LogP contribution in [0.3, 0.4) is 0 Å². The number of nitrogens with zero attached hydrogens (tertiary/aromatic N) is 2. The maximum absolute atomic E-state index is 11.4. The van der Waals surface area contributed by atoms with Gasteiger partial charge in [-0.2, -0.15) is 0 Å². The summed E-state index contributed by atoms with van der Waals surface area (Å²) in [6, 6.07) is -0.328. The highest BCUT2D eigenvalue weighted by Crippen LogP contribution is 1.88. The predicted octanol–water partition coefficient (Wildman–Crippen LogP) is -0.223. The molecule has 0 aliphatic carbocycles. The quantitative estimate of drug-likeness (QED) is 0.487. The Morgan fingerprint density at radius 1 is 1.57 bits per heavy atom. The summed E-state index contributed by atoms with van der Waals surface area (Å²) in [7, 11) is 3.42. The van der Waals surface area contributed by atoms with Crippen LogP contribution >= 0.6 is 0 Å². The first-order chi connectivity index (χ1) is 6.49. The molecule has 0 saturated carbocycles. The van der Waals surface area contributed by atoms with Gasteiger partial charge < -0.3 is 16.0 Å². The van der Waals surface area contributed by atoms with Crippen LogP contribution < -0.4 is 11.1 Å². The average Bonchev–Trinajstić information content (AvgIpc) is 2.13. The highest BCUT2D eigenvalue weighted by molar-refractivity contribution is 5.87. The molecule has 0 saturated heterocycles. The van der Waals surface area contributed by atoms with Gasteiger partial charge in [-0.3, -0.25) is 9.79 Å². The first-order valence-electron chi connectivity index (χ1n) is 4.76. The van der Waals surface area contributed by atoms with Gasteiger partial charge in [0.2, 0.25) is 5.91 Å². The Balaban J connectivity index is 4.05. The van der Waals surface area contributed by atoms with Gasteiger partial charge in [-0.25, -0.2) is 0 Å². The first-order valence-corrected chi connectivity index (χ1v) is 4.76. The lowest BCUT2D eigenvalue weighted by Crippen LogP contribution is -2.47. The monoisotopic (exact) mass is 200 g/mol. The molecule has 0 heterocycles. The molecule has 14 heavy (non-hydrogen) atoms. The zero-order valence-corrected chi connectivity index (χ0v) is 9.37. The Morgan fingerprint density at radius 2 is 2.14 bits per heavy atom. The van der Waals surface area contributed by atoms with Crippen LogP contribution in [-0.4, -0.2) is 43.4 Å². The van der Waals surface area contributed by atoms with Crippen molar-refractivity contribution in [3.63, 3.8) is 0 Å². The van der Waals surface area contributed by atoms with Crippen molar-refractivity contribution >= 4 is 11.9 Å². The molecule has 0 aromatic carbocycles. The lowest BCUT2D eigenvalue weighted by Gasteiger charge is -2.18. The average molecular weight is 200 g/mol. The zero-order valence-electron chi connectivity index (χ0n) is 9.37. The molecular formula is C9H20N4O. The molecule has 3 N–H and O–H groups in total. The molecule has 0 fully saturated rings. The van der Waals surface area contributed by atoms with E-state index in [1.54, 1.807) is 21.0 Å². The Hall–Kier alpha value is -1.26. The van der Waals surface area contributed by atoms with Gasteiger partial charge in [0.05, 0.1) is 0 Å². The maximum Gasteiger partial charge on any atom is 0.244 e. The molecule has 1 amide bonds. The third-order valence-electron chi connectivity index (χ3n) is 1.68. The Morgan fingerprint density at radius 3 is 2.57 bits per heavy atom. The number of nitrogens with one attached hydrogen (secondary N) is 1. The molecule has 1 atom stereocenters. The first kappa shape index (κ1) is 12.7. The third kappa shape index (κ3) is 4.69. The standard InChI is InChI=1S/C9H20N4O/c1-5-6-11-9(10)12-7(2)8(14)13(3)4/h7H,5-6H2,1-4H3,(H3,10,11,12). The summed E-state index contributed by atoms with van der Waals surface area (Å²) < 4.78 is 0. The van der Waals surface area contributed by atoms with Crippen molar-refractivity contribution in [2.45, 2.75) is 26.3 Å². The number of carbonyl (C=O) groups is 1. The molecule has 0 aromatic heterocycles. The lowest BCUT2D eigenvalue weighted by molar-refractivity contribution is -0.130. The number of likely N-dealkylation sites (N-methyl/N-ethyl adjacent to an activating group) is 1. The van der Waals surface area contributed by atoms with Crippen molar-refractivity contribution in [3.05, 3.63) is 0 Å². The fourth-order valence-corrected chi connectivity index (χ4v) is 0.949. The van der Waals surface area contributed by atoms with Crippen LogP contribution in [0, 0.1) is 0 Å². The molecule has 82 valence electrons. The van der Waals surface area contributed by atoms with Crippen molar-refractivity contribution in [1.82, 2.24) is 10.2 Å². The molecule has 0 aromatic rings. The van der Waals surface area contributed by atoms with E-state index in [2.05, 4.69) is 10.3 Å². The summed E-state index contributed by atoms with van der Waals surface area (Å²) in [5, 5.41) is 2.83. The van der Waals surface area contributed by atoms with E-state index in [9.17, 15) is 4.79 Å². The fraction of sp³-hybridized carbons (Fsp3) is 0.778. The van der Waals surface area contributed by atoms with Crippen molar-refractivity contribution in [1.29, 1.82) is 0 Å². The van der Waals surface area contributed by atoms with E-state index in [0.717, 1.165) is 6.42 Å². The van der Waals surface area contributed by atoms with Crippen LogP contribution in [0.1, 0.15) is 20.3 Å². The second-order valence-electron chi connectivity index (χ2n) is 3.37. The number of amides is 1. The minimum absolute atomic E-state index is 0.0142. The number of aliphatic imine (C=N–C) groups is 1. The second kappa shape index (κ2) is 6.23. The minimum atomic E-state index is -0.328. The van der Waals surface area contributed by atoms with Gasteiger partial charge in [-0.15, -0.1) is 0 Å². The number of guanidine groups is 1. The molecule has 5 nitrogen and oxygen atoms in total. The van der Waals surface area contributed by atoms with Crippen molar-refractivity contribution in [3.8, 4) is 0 Å². The van der Waals surface area contributed by atoms with Gasteiger partial charge >= 0.3 is 0 Å². The topological polar surface area (TPSA) is 70.7 Å². The van der Waals surface area contributed by atoms with E-state index in [4.69, 9.17) is 5.73 Å². The summed E-state index contributed by atoms with van der Waals surface area (Å²) in [6.07, 6.45) is 0.943. The summed E-state index contributed by atoms with van der Waals surface area (Å²) in [6.45, 7) is 4.46. The molecule has 0 radical (unpaired) electrons. The number of carbonyl (C=O) groups excluding carboxylic acids is 1. The van der Waals surface area contributed by atoms with E-state index < -0.39 is 0 Å². The highest BCUT2D eigenvalue weighted by Gasteiger charge is 2.14. The molecule has 5 heteroatoms. The molecule has 0 spiro atoms. The Labute approximate surface area is 85.4 Å². The van der Waals surface area contributed by atoms with Gasteiger partial charge in [0, 0.05) is 20.6 Å². The van der Waals surface area contributed by atoms with Crippen molar-refractivity contribution < 1.29 is 4.79 Å². The summed E-state index contributed by atoms with van der Waals surface area (Å²) in [5.41, 5.74) is 5.57. The third-order valence-corrected chi connectivity index (χ3v) is 1.68. The fourth-order valence-electron chi connectivity index (χ4n) is 0.949. The highest BCUT2D eigenvalue weighted by atomic mass is 16.2. The molecular weight excluding hydrogens is 180 g/mol. The molecule has 1 unspecified atom stereocenters. The molecule has 0 bridgehead atoms. The summed E-state index contributed by atoms with van der Waals surface area (Å²) >= 11 is 0. The summed E-state index contributed by atoms with van der Waals surface area (Å²) in [5.74, 6) is 0.314. The number of nitrogens with two attached hydrogens (primary N) is 1. The van der Waals surface area contributed by atoms with Crippen LogP contribution in [0.15, 0.2) is 4.99 Å². The van der Waals surface area contributed by atoms with Crippen LogP contribution in [0.25, 0.3) is 0 Å². The predicted molar refractivity (Wildman–Crippen MR) is 58.1 cm³/mol. The van der Waals surface area contributed by atoms with E-state index in [0.29, 0.717) is 12.5 Å². The molecule has 0 rings (SSSR count). The van der Waals surface area contributed by atoms with E-state index in [1.807, 2.05) is 6.92 Å². The van der Waals surface area contributed by atoms with E-state index in [-0.39, 0.29) is 11.9 Å². The number of rotatable bonds is 4. The largest absolute Gasteiger partial charge is 0.370 e. The van der Waals surface area contributed by atoms with E-state index in [1.165, 1.54) is 4.90 Å². The SMILES string of the molecule is CCCN=C(N)NC(C)C(=O)N(C)C. The number of hydrogen-bond donors (Lipinski definition) is 2. The van der Waals surface area contributed by atoms with Gasteiger partial charge in [-0.05, 0) is 13.3 Å². The Kier molecular flexibility index (Phi) is 5.67. The smallest absolute Gasteiger partial charge is 0.244 e. The normalized spacial score (nSPS) is 13.6. The van der Waals surface area contributed by atoms with Crippen molar-refractivity contribution in [2.24, 2.45) is 10.7 Å². The lowest BCUT2D eigenvalue weighted by atomic mass is 10.3. The molecule has 0 aliphatic rings. The summed E-state index contributed by atoms with van der Waals surface area (Å²) in [4.78, 5) is 17.0. The van der Waals surface area contributed by atoms with E-state index >= 15 is 0 Å². The Bertz CT molecular complexity index is 213. The maximum atomic E-state index is 11.4. The van der Waals surface area contributed by atoms with Gasteiger partial charge in [0.15, 0.2) is 5.96 Å².